The first-order valence-corrected chi connectivity index (χ1v) is 10.4. The van der Waals surface area contributed by atoms with Gasteiger partial charge in [0, 0.05) is 19.5 Å². The highest BCUT2D eigenvalue weighted by molar-refractivity contribution is 8.00. The first kappa shape index (κ1) is 19.4. The number of thioether (sulfide) groups is 1. The average Bonchev–Trinajstić information content (AvgIpc) is 3.39. The van der Waals surface area contributed by atoms with Crippen molar-refractivity contribution < 1.29 is 9.18 Å². The Morgan fingerprint density at radius 2 is 1.76 bits per heavy atom. The van der Waals surface area contributed by atoms with Gasteiger partial charge in [0.15, 0.2) is 5.82 Å². The lowest BCUT2D eigenvalue weighted by Gasteiger charge is -2.22. The van der Waals surface area contributed by atoms with Crippen molar-refractivity contribution in [3.05, 3.63) is 77.4 Å². The van der Waals surface area contributed by atoms with Gasteiger partial charge in [0.25, 0.3) is 0 Å². The molecule has 0 bridgehead atoms. The molecule has 2 heterocycles. The van der Waals surface area contributed by atoms with Crippen LogP contribution < -0.4 is 5.84 Å². The molecule has 1 saturated heterocycles. The molecule has 4 rings (SSSR count). The van der Waals surface area contributed by atoms with E-state index in [9.17, 15) is 9.18 Å². The van der Waals surface area contributed by atoms with Crippen molar-refractivity contribution in [1.29, 1.82) is 0 Å². The van der Waals surface area contributed by atoms with Gasteiger partial charge >= 0.3 is 0 Å². The van der Waals surface area contributed by atoms with Gasteiger partial charge in [-0.3, -0.25) is 4.79 Å². The number of nitrogens with zero attached hydrogens (tertiary/aromatic N) is 4. The van der Waals surface area contributed by atoms with Crippen LogP contribution in [-0.2, 0) is 11.2 Å². The second kappa shape index (κ2) is 8.65. The molecule has 2 N–H and O–H groups in total. The fourth-order valence-electron chi connectivity index (χ4n) is 3.42. The number of likely N-dealkylation sites (tertiary alicyclic amines) is 1. The summed E-state index contributed by atoms with van der Waals surface area (Å²) >= 11 is 1.28. The Bertz CT molecular complexity index is 988. The summed E-state index contributed by atoms with van der Waals surface area (Å²) in [4.78, 5) is 15.1. The average molecular weight is 412 g/mol. The summed E-state index contributed by atoms with van der Waals surface area (Å²) in [6.07, 6.45) is 2.28. The van der Waals surface area contributed by atoms with E-state index in [0.29, 0.717) is 16.5 Å². The number of nitrogen functional groups attached to an aromatic ring is 1. The molecule has 2 aromatic carbocycles. The van der Waals surface area contributed by atoms with Crippen LogP contribution in [0.1, 0.15) is 35.0 Å². The van der Waals surface area contributed by atoms with E-state index in [0.717, 1.165) is 31.5 Å². The first-order chi connectivity index (χ1) is 14.1. The van der Waals surface area contributed by atoms with E-state index in [4.69, 9.17) is 5.84 Å². The van der Waals surface area contributed by atoms with E-state index >= 15 is 0 Å². The molecule has 1 atom stereocenters. The molecule has 6 nitrogen and oxygen atoms in total. The van der Waals surface area contributed by atoms with E-state index < -0.39 is 5.25 Å². The predicted molar refractivity (Wildman–Crippen MR) is 110 cm³/mol. The van der Waals surface area contributed by atoms with Crippen LogP contribution in [0.5, 0.6) is 0 Å². The quantitative estimate of drug-likeness (QED) is 0.498. The lowest BCUT2D eigenvalue weighted by atomic mass is 10.1. The molecule has 1 aromatic heterocycles. The van der Waals surface area contributed by atoms with Gasteiger partial charge in [-0.15, -0.1) is 10.2 Å². The number of hydrogen-bond donors (Lipinski definition) is 1. The van der Waals surface area contributed by atoms with Crippen LogP contribution in [0.3, 0.4) is 0 Å². The zero-order valence-electron chi connectivity index (χ0n) is 15.9. The van der Waals surface area contributed by atoms with Gasteiger partial charge in [0.2, 0.25) is 11.1 Å². The van der Waals surface area contributed by atoms with Gasteiger partial charge in [-0.25, -0.2) is 9.07 Å². The number of nitrogens with two attached hydrogens (primary N) is 1. The minimum Gasteiger partial charge on any atom is -0.341 e. The van der Waals surface area contributed by atoms with Crippen LogP contribution in [-0.4, -0.2) is 38.8 Å². The largest absolute Gasteiger partial charge is 0.341 e. The third-order valence-corrected chi connectivity index (χ3v) is 6.21. The minimum absolute atomic E-state index is 0.0531. The van der Waals surface area contributed by atoms with Gasteiger partial charge in [-0.2, -0.15) is 0 Å². The Balaban J connectivity index is 1.58. The maximum atomic E-state index is 14.0. The molecule has 29 heavy (non-hydrogen) atoms. The van der Waals surface area contributed by atoms with Crippen molar-refractivity contribution in [3.8, 4) is 0 Å². The number of halogens is 1. The van der Waals surface area contributed by atoms with E-state index in [-0.39, 0.29) is 18.1 Å². The van der Waals surface area contributed by atoms with Crippen LogP contribution in [0.2, 0.25) is 0 Å². The van der Waals surface area contributed by atoms with Crippen molar-refractivity contribution in [3.63, 3.8) is 0 Å². The molecule has 0 radical (unpaired) electrons. The zero-order valence-corrected chi connectivity index (χ0v) is 16.7. The molecule has 0 aliphatic carbocycles. The zero-order chi connectivity index (χ0) is 20.2. The van der Waals surface area contributed by atoms with Crippen LogP contribution >= 0.6 is 11.8 Å². The second-order valence-corrected chi connectivity index (χ2v) is 8.05. The highest BCUT2D eigenvalue weighted by Crippen LogP contribution is 2.36. The Labute approximate surface area is 172 Å². The SMILES string of the molecule is Nn1c(Cc2ccccc2F)nnc1S[C@@H](C(=O)N1CCCC1)c1ccccc1. The van der Waals surface area contributed by atoms with E-state index in [1.165, 1.54) is 22.5 Å². The van der Waals surface area contributed by atoms with Gasteiger partial charge in [0.1, 0.15) is 11.1 Å². The molecule has 1 amide bonds. The lowest BCUT2D eigenvalue weighted by molar-refractivity contribution is -0.129. The monoisotopic (exact) mass is 411 g/mol. The van der Waals surface area contributed by atoms with Crippen LogP contribution in [0, 0.1) is 5.82 Å². The highest BCUT2D eigenvalue weighted by Gasteiger charge is 2.30. The molecule has 0 unspecified atom stereocenters. The Hall–Kier alpha value is -2.87. The maximum Gasteiger partial charge on any atom is 0.240 e. The molecular formula is C21H22FN5OS. The molecule has 3 aromatic rings. The summed E-state index contributed by atoms with van der Waals surface area (Å²) in [5.41, 5.74) is 1.39. The molecule has 0 saturated carbocycles. The van der Waals surface area contributed by atoms with Gasteiger partial charge in [-0.1, -0.05) is 60.3 Å². The molecule has 8 heteroatoms. The summed E-state index contributed by atoms with van der Waals surface area (Å²) in [6.45, 7) is 1.55. The number of aromatic nitrogens is 3. The second-order valence-electron chi connectivity index (χ2n) is 6.98. The maximum absolute atomic E-state index is 14.0. The molecule has 150 valence electrons. The van der Waals surface area contributed by atoms with Gasteiger partial charge in [-0.05, 0) is 30.0 Å². The number of benzene rings is 2. The standard InChI is InChI=1S/C21H22FN5OS/c22-17-11-5-4-10-16(17)14-18-24-25-21(27(18)23)29-19(15-8-2-1-3-9-15)20(28)26-12-6-7-13-26/h1-5,8-11,19H,6-7,12-14,23H2/t19-/m1/s1. The first-order valence-electron chi connectivity index (χ1n) is 9.56. The van der Waals surface area contributed by atoms with Gasteiger partial charge in [0.05, 0.1) is 0 Å². The normalized spacial score (nSPS) is 14.9. The van der Waals surface area contributed by atoms with Crippen LogP contribution in [0.25, 0.3) is 0 Å². The van der Waals surface area contributed by atoms with Crippen molar-refractivity contribution in [2.75, 3.05) is 18.9 Å². The summed E-state index contributed by atoms with van der Waals surface area (Å²) in [5, 5.41) is 8.28. The summed E-state index contributed by atoms with van der Waals surface area (Å²) in [7, 11) is 0. The Kier molecular flexibility index (Phi) is 5.80. The lowest BCUT2D eigenvalue weighted by Crippen LogP contribution is -2.31. The number of amides is 1. The Morgan fingerprint density at radius 1 is 1.07 bits per heavy atom. The number of carbonyl (C=O) groups excluding carboxylic acids is 1. The summed E-state index contributed by atoms with van der Waals surface area (Å²) in [5.74, 6) is 6.39. The van der Waals surface area contributed by atoms with Crippen molar-refractivity contribution in [2.45, 2.75) is 29.7 Å². The molecule has 1 aliphatic rings. The fourth-order valence-corrected chi connectivity index (χ4v) is 4.48. The fraction of sp³-hybridized carbons (Fsp3) is 0.286. The molecule has 1 fully saturated rings. The van der Waals surface area contributed by atoms with E-state index in [1.54, 1.807) is 18.2 Å². The molecule has 0 spiro atoms. The van der Waals surface area contributed by atoms with Crippen molar-refractivity contribution in [1.82, 2.24) is 19.8 Å². The third kappa shape index (κ3) is 4.27. The minimum atomic E-state index is -0.456. The van der Waals surface area contributed by atoms with Crippen LogP contribution in [0.4, 0.5) is 4.39 Å². The smallest absolute Gasteiger partial charge is 0.240 e. The van der Waals surface area contributed by atoms with E-state index in [1.807, 2.05) is 35.2 Å². The predicted octanol–water partition coefficient (Wildman–Crippen LogP) is 3.18. The van der Waals surface area contributed by atoms with Gasteiger partial charge < -0.3 is 10.7 Å². The topological polar surface area (TPSA) is 77.0 Å². The molecular weight excluding hydrogens is 389 g/mol. The summed E-state index contributed by atoms with van der Waals surface area (Å²) in [6, 6.07) is 16.1. The van der Waals surface area contributed by atoms with Crippen LogP contribution in [0.15, 0.2) is 59.8 Å². The van der Waals surface area contributed by atoms with E-state index in [2.05, 4.69) is 10.2 Å². The number of hydrogen-bond acceptors (Lipinski definition) is 5. The highest BCUT2D eigenvalue weighted by atomic mass is 32.2. The Morgan fingerprint density at radius 3 is 2.48 bits per heavy atom. The van der Waals surface area contributed by atoms with Crippen molar-refractivity contribution in [2.24, 2.45) is 0 Å². The summed E-state index contributed by atoms with van der Waals surface area (Å²) < 4.78 is 15.3. The van der Waals surface area contributed by atoms with Crippen molar-refractivity contribution >= 4 is 17.7 Å². The number of rotatable bonds is 6. The third-order valence-electron chi connectivity index (χ3n) is 5.01. The molecule has 1 aliphatic heterocycles. The number of carbonyl (C=O) groups is 1.